The molecule has 0 spiro atoms. The van der Waals surface area contributed by atoms with Crippen LogP contribution in [-0.4, -0.2) is 25.9 Å². The first-order chi connectivity index (χ1) is 13.9. The smallest absolute Gasteiger partial charge is 0.230 e. The largest absolute Gasteiger partial charge is 0.444 e. The number of benzene rings is 2. The summed E-state index contributed by atoms with van der Waals surface area (Å²) in [6, 6.07) is 16.1. The molecule has 29 heavy (non-hydrogen) atoms. The number of nitrogens with one attached hydrogen (secondary N) is 2. The molecular formula is C21H21N3O4S. The SMILES string of the molecule is C=CCNS(=O)(=O)Cc1ccc(NC(=O)Cc2coc(-c3ccccc3)n2)cc1. The second kappa shape index (κ2) is 9.31. The molecule has 0 aliphatic heterocycles. The van der Waals surface area contributed by atoms with Gasteiger partial charge in [-0.05, 0) is 29.8 Å². The van der Waals surface area contributed by atoms with Crippen LogP contribution < -0.4 is 10.0 Å². The van der Waals surface area contributed by atoms with E-state index in [1.165, 1.54) is 12.3 Å². The van der Waals surface area contributed by atoms with E-state index in [9.17, 15) is 13.2 Å². The lowest BCUT2D eigenvalue weighted by Crippen LogP contribution is -2.25. The zero-order valence-corrected chi connectivity index (χ0v) is 16.5. The lowest BCUT2D eigenvalue weighted by Gasteiger charge is -2.07. The van der Waals surface area contributed by atoms with E-state index in [0.717, 1.165) is 5.56 Å². The Kier molecular flexibility index (Phi) is 6.58. The number of carbonyl (C=O) groups is 1. The molecule has 2 N–H and O–H groups in total. The van der Waals surface area contributed by atoms with Gasteiger partial charge in [0.2, 0.25) is 21.8 Å². The van der Waals surface area contributed by atoms with Gasteiger partial charge in [0.25, 0.3) is 0 Å². The third kappa shape index (κ3) is 6.13. The monoisotopic (exact) mass is 411 g/mol. The van der Waals surface area contributed by atoms with Crippen LogP contribution in [0.15, 0.2) is 77.9 Å². The fraction of sp³-hybridized carbons (Fsp3) is 0.143. The zero-order chi connectivity index (χ0) is 20.7. The molecular weight excluding hydrogens is 390 g/mol. The predicted molar refractivity (Wildman–Crippen MR) is 112 cm³/mol. The van der Waals surface area contributed by atoms with Crippen LogP contribution in [0.1, 0.15) is 11.3 Å². The first-order valence-corrected chi connectivity index (χ1v) is 10.6. The number of hydrogen-bond donors (Lipinski definition) is 2. The molecule has 150 valence electrons. The minimum Gasteiger partial charge on any atom is -0.444 e. The molecule has 3 rings (SSSR count). The molecule has 0 saturated heterocycles. The van der Waals surface area contributed by atoms with Gasteiger partial charge in [-0.25, -0.2) is 18.1 Å². The third-order valence-corrected chi connectivity index (χ3v) is 5.28. The molecule has 0 aliphatic carbocycles. The van der Waals surface area contributed by atoms with Crippen molar-refractivity contribution in [2.45, 2.75) is 12.2 Å². The van der Waals surface area contributed by atoms with Crippen LogP contribution in [-0.2, 0) is 27.0 Å². The lowest BCUT2D eigenvalue weighted by atomic mass is 10.2. The average Bonchev–Trinajstić information content (AvgIpc) is 3.17. The van der Waals surface area contributed by atoms with Crippen LogP contribution in [0, 0.1) is 0 Å². The van der Waals surface area contributed by atoms with E-state index in [1.807, 2.05) is 30.3 Å². The highest BCUT2D eigenvalue weighted by Gasteiger charge is 2.12. The normalized spacial score (nSPS) is 11.2. The fourth-order valence-corrected chi connectivity index (χ4v) is 3.72. The Morgan fingerprint density at radius 3 is 2.52 bits per heavy atom. The van der Waals surface area contributed by atoms with E-state index in [4.69, 9.17) is 4.42 Å². The molecule has 2 aromatic carbocycles. The summed E-state index contributed by atoms with van der Waals surface area (Å²) in [6.45, 7) is 3.66. The van der Waals surface area contributed by atoms with Crippen molar-refractivity contribution in [1.29, 1.82) is 0 Å². The summed E-state index contributed by atoms with van der Waals surface area (Å²) < 4.78 is 31.6. The summed E-state index contributed by atoms with van der Waals surface area (Å²) in [5.41, 5.74) is 2.55. The molecule has 3 aromatic rings. The van der Waals surface area contributed by atoms with E-state index in [2.05, 4.69) is 21.6 Å². The van der Waals surface area contributed by atoms with Crippen LogP contribution in [0.3, 0.4) is 0 Å². The van der Waals surface area contributed by atoms with Crippen LogP contribution >= 0.6 is 0 Å². The molecule has 0 radical (unpaired) electrons. The van der Waals surface area contributed by atoms with E-state index >= 15 is 0 Å². The number of rotatable bonds is 9. The highest BCUT2D eigenvalue weighted by atomic mass is 32.2. The van der Waals surface area contributed by atoms with Gasteiger partial charge >= 0.3 is 0 Å². The quantitative estimate of drug-likeness (QED) is 0.527. The highest BCUT2D eigenvalue weighted by molar-refractivity contribution is 7.88. The Bertz CT molecular complexity index is 1070. The maximum Gasteiger partial charge on any atom is 0.230 e. The van der Waals surface area contributed by atoms with Gasteiger partial charge in [0, 0.05) is 17.8 Å². The topological polar surface area (TPSA) is 101 Å². The lowest BCUT2D eigenvalue weighted by molar-refractivity contribution is -0.115. The first-order valence-electron chi connectivity index (χ1n) is 8.92. The number of hydrogen-bond acceptors (Lipinski definition) is 5. The maximum atomic E-state index is 12.3. The third-order valence-electron chi connectivity index (χ3n) is 3.96. The number of anilines is 1. The van der Waals surface area contributed by atoms with Crippen LogP contribution in [0.25, 0.3) is 11.5 Å². The van der Waals surface area contributed by atoms with Crippen molar-refractivity contribution in [2.24, 2.45) is 0 Å². The van der Waals surface area contributed by atoms with Crippen molar-refractivity contribution < 1.29 is 17.6 Å². The summed E-state index contributed by atoms with van der Waals surface area (Å²) >= 11 is 0. The van der Waals surface area contributed by atoms with Gasteiger partial charge in [0.1, 0.15) is 6.26 Å². The zero-order valence-electron chi connectivity index (χ0n) is 15.7. The number of sulfonamides is 1. The van der Waals surface area contributed by atoms with Crippen LogP contribution in [0.2, 0.25) is 0 Å². The minimum atomic E-state index is -3.42. The van der Waals surface area contributed by atoms with Crippen molar-refractivity contribution in [1.82, 2.24) is 9.71 Å². The van der Waals surface area contributed by atoms with E-state index < -0.39 is 10.0 Å². The number of oxazole rings is 1. The second-order valence-electron chi connectivity index (χ2n) is 6.33. The number of carbonyl (C=O) groups excluding carboxylic acids is 1. The maximum absolute atomic E-state index is 12.3. The molecule has 0 saturated carbocycles. The van der Waals surface area contributed by atoms with Gasteiger partial charge in [-0.1, -0.05) is 36.4 Å². The molecule has 0 fully saturated rings. The van der Waals surface area contributed by atoms with E-state index in [-0.39, 0.29) is 24.6 Å². The van der Waals surface area contributed by atoms with Crippen LogP contribution in [0.4, 0.5) is 5.69 Å². The van der Waals surface area contributed by atoms with Gasteiger partial charge in [-0.3, -0.25) is 4.79 Å². The van der Waals surface area contributed by atoms with Crippen molar-refractivity contribution in [3.05, 3.63) is 84.8 Å². The fourth-order valence-electron chi connectivity index (χ4n) is 2.61. The second-order valence-corrected chi connectivity index (χ2v) is 8.13. The number of aromatic nitrogens is 1. The van der Waals surface area contributed by atoms with Crippen molar-refractivity contribution in [2.75, 3.05) is 11.9 Å². The highest BCUT2D eigenvalue weighted by Crippen LogP contribution is 2.18. The number of amides is 1. The van der Waals surface area contributed by atoms with Crippen molar-refractivity contribution in [3.8, 4) is 11.5 Å². The Balaban J connectivity index is 1.56. The van der Waals surface area contributed by atoms with E-state index in [0.29, 0.717) is 22.8 Å². The summed E-state index contributed by atoms with van der Waals surface area (Å²) in [7, 11) is -3.42. The predicted octanol–water partition coefficient (Wildman–Crippen LogP) is 3.13. The van der Waals surface area contributed by atoms with Gasteiger partial charge in [0.05, 0.1) is 17.9 Å². The van der Waals surface area contributed by atoms with Gasteiger partial charge in [-0.15, -0.1) is 6.58 Å². The van der Waals surface area contributed by atoms with E-state index in [1.54, 1.807) is 24.3 Å². The van der Waals surface area contributed by atoms with Gasteiger partial charge < -0.3 is 9.73 Å². The Morgan fingerprint density at radius 2 is 1.83 bits per heavy atom. The van der Waals surface area contributed by atoms with Crippen LogP contribution in [0.5, 0.6) is 0 Å². The Labute approximate surface area is 169 Å². The molecule has 1 heterocycles. The molecule has 1 aromatic heterocycles. The molecule has 7 nitrogen and oxygen atoms in total. The average molecular weight is 411 g/mol. The first kappa shape index (κ1) is 20.5. The summed E-state index contributed by atoms with van der Waals surface area (Å²) in [5, 5.41) is 2.76. The Hall–Kier alpha value is -3.23. The van der Waals surface area contributed by atoms with Crippen molar-refractivity contribution >= 4 is 21.6 Å². The summed E-state index contributed by atoms with van der Waals surface area (Å²) in [5.74, 6) is 0.0750. The van der Waals surface area contributed by atoms with Gasteiger partial charge in [-0.2, -0.15) is 0 Å². The molecule has 1 amide bonds. The molecule has 0 bridgehead atoms. The summed E-state index contributed by atoms with van der Waals surface area (Å²) in [4.78, 5) is 16.6. The molecule has 0 unspecified atom stereocenters. The molecule has 0 atom stereocenters. The summed E-state index contributed by atoms with van der Waals surface area (Å²) in [6.07, 6.45) is 3.01. The number of nitrogens with zero attached hydrogens (tertiary/aromatic N) is 1. The van der Waals surface area contributed by atoms with Crippen molar-refractivity contribution in [3.63, 3.8) is 0 Å². The van der Waals surface area contributed by atoms with Gasteiger partial charge in [0.15, 0.2) is 0 Å². The minimum absolute atomic E-state index is 0.0674. The molecule has 0 aliphatic rings. The Morgan fingerprint density at radius 1 is 1.10 bits per heavy atom. The standard InChI is InChI=1S/C21H21N3O4S/c1-2-12-22-29(26,27)15-16-8-10-18(11-9-16)23-20(25)13-19-14-28-21(24-19)17-6-4-3-5-7-17/h2-11,14,22H,1,12-13,15H2,(H,23,25). The molecule has 8 heteroatoms.